The standard InChI is InChI=1S/C21H35ClN4O4S/c1-8-30-19(29)26-16(14-13-25(18(22)28)20(3,4)15(14)24-26)23-17(27)21(11-10-12-21)31(5,6,7)9-2/h31H,8-13H2,1-7H3,(H,23,27). The molecule has 1 aliphatic carbocycles. The van der Waals surface area contributed by atoms with Crippen molar-refractivity contribution in [3.05, 3.63) is 11.3 Å². The zero-order valence-corrected chi connectivity index (χ0v) is 21.2. The van der Waals surface area contributed by atoms with Gasteiger partial charge in [0, 0.05) is 5.56 Å². The lowest BCUT2D eigenvalue weighted by Crippen LogP contribution is -2.57. The van der Waals surface area contributed by atoms with E-state index in [2.05, 4.69) is 36.1 Å². The van der Waals surface area contributed by atoms with E-state index in [1.807, 2.05) is 13.8 Å². The number of anilines is 1. The van der Waals surface area contributed by atoms with Crippen molar-refractivity contribution in [2.24, 2.45) is 0 Å². The summed E-state index contributed by atoms with van der Waals surface area (Å²) in [6.07, 6.45) is 8.80. The third-order valence-corrected chi connectivity index (χ3v) is 14.0. The average Bonchev–Trinajstić information content (AvgIpc) is 3.08. The molecule has 0 atom stereocenters. The summed E-state index contributed by atoms with van der Waals surface area (Å²) in [6.45, 7) is 7.83. The predicted molar refractivity (Wildman–Crippen MR) is 127 cm³/mol. The molecule has 0 unspecified atom stereocenters. The number of hydrogen-bond acceptors (Lipinski definition) is 5. The minimum atomic E-state index is -2.32. The molecule has 1 N–H and O–H groups in total. The van der Waals surface area contributed by atoms with Gasteiger partial charge in [0.2, 0.25) is 5.91 Å². The quantitative estimate of drug-likeness (QED) is 0.380. The molecule has 0 bridgehead atoms. The van der Waals surface area contributed by atoms with Gasteiger partial charge in [-0.3, -0.25) is 18.8 Å². The Hall–Kier alpha value is -1.74. The van der Waals surface area contributed by atoms with Gasteiger partial charge in [0.15, 0.2) is 0 Å². The zero-order valence-electron chi connectivity index (χ0n) is 19.5. The number of nitrogens with one attached hydrogen (secondary N) is 1. The number of aromatic nitrogens is 2. The first-order valence-electron chi connectivity index (χ1n) is 10.8. The Balaban J connectivity index is 2.08. The molecule has 0 saturated heterocycles. The molecule has 1 aromatic rings. The van der Waals surface area contributed by atoms with Gasteiger partial charge in [-0.1, -0.05) is 6.92 Å². The summed E-state index contributed by atoms with van der Waals surface area (Å²) in [5, 5.41) is 6.90. The zero-order chi connectivity index (χ0) is 23.4. The summed E-state index contributed by atoms with van der Waals surface area (Å²) >= 11 is 5.81. The molecular formula is C21H35ClN4O4S. The lowest BCUT2D eigenvalue weighted by Gasteiger charge is -2.68. The van der Waals surface area contributed by atoms with Crippen molar-refractivity contribution in [3.8, 4) is 0 Å². The number of fused-ring (bicyclic) bond motifs is 1. The number of halogens is 1. The number of carbonyl (C=O) groups excluding carboxylic acids is 3. The molecule has 0 radical (unpaired) electrons. The maximum atomic E-state index is 13.8. The van der Waals surface area contributed by atoms with E-state index in [0.29, 0.717) is 11.3 Å². The second-order valence-electron chi connectivity index (χ2n) is 10.5. The van der Waals surface area contributed by atoms with Crippen LogP contribution in [0.25, 0.3) is 0 Å². The average molecular weight is 475 g/mol. The molecule has 31 heavy (non-hydrogen) atoms. The van der Waals surface area contributed by atoms with Crippen molar-refractivity contribution in [1.82, 2.24) is 14.7 Å². The monoisotopic (exact) mass is 474 g/mol. The van der Waals surface area contributed by atoms with E-state index in [1.165, 1.54) is 4.90 Å². The van der Waals surface area contributed by atoms with Crippen molar-refractivity contribution in [3.63, 3.8) is 0 Å². The number of carbonyl (C=O) groups is 3. The van der Waals surface area contributed by atoms with Crippen LogP contribution in [0.1, 0.15) is 58.2 Å². The first-order chi connectivity index (χ1) is 14.2. The predicted octanol–water partition coefficient (Wildman–Crippen LogP) is 4.14. The summed E-state index contributed by atoms with van der Waals surface area (Å²) in [6, 6.07) is 0. The van der Waals surface area contributed by atoms with Crippen LogP contribution in [0, 0.1) is 0 Å². The molecule has 1 aliphatic heterocycles. The van der Waals surface area contributed by atoms with E-state index in [4.69, 9.17) is 16.3 Å². The van der Waals surface area contributed by atoms with Gasteiger partial charge in [0.05, 0.1) is 29.1 Å². The SMILES string of the molecule is CCOC(=O)n1nc2c(c1NC(=O)C1([SH](C)(C)(C)CC)CCC1)CN(C(=O)Cl)C2(C)C. The second kappa shape index (κ2) is 7.40. The third kappa shape index (κ3) is 3.44. The van der Waals surface area contributed by atoms with Gasteiger partial charge in [0.25, 0.3) is 0 Å². The first kappa shape index (κ1) is 23.9. The summed E-state index contributed by atoms with van der Waals surface area (Å²) in [5.74, 6) is 1.16. The maximum Gasteiger partial charge on any atom is 0.436 e. The minimum absolute atomic E-state index is 0.0764. The van der Waals surface area contributed by atoms with Gasteiger partial charge in [-0.25, -0.2) is 4.79 Å². The number of amides is 2. The minimum Gasteiger partial charge on any atom is -0.448 e. The Morgan fingerprint density at radius 3 is 2.26 bits per heavy atom. The van der Waals surface area contributed by atoms with Crippen LogP contribution in [0.5, 0.6) is 0 Å². The fraction of sp³-hybridized carbons (Fsp3) is 0.714. The van der Waals surface area contributed by atoms with Crippen molar-refractivity contribution < 1.29 is 19.1 Å². The van der Waals surface area contributed by atoms with Crippen LogP contribution in [0.2, 0.25) is 0 Å². The van der Waals surface area contributed by atoms with Crippen molar-refractivity contribution in [2.45, 2.75) is 63.8 Å². The fourth-order valence-electron chi connectivity index (χ4n) is 4.77. The number of thiol groups is 1. The molecule has 1 saturated carbocycles. The molecule has 8 nitrogen and oxygen atoms in total. The Kier molecular flexibility index (Phi) is 5.71. The Bertz CT molecular complexity index is 943. The Labute approximate surface area is 189 Å². The van der Waals surface area contributed by atoms with Crippen LogP contribution < -0.4 is 5.32 Å². The molecule has 3 rings (SSSR count). The van der Waals surface area contributed by atoms with E-state index in [1.54, 1.807) is 6.92 Å². The van der Waals surface area contributed by atoms with Gasteiger partial charge < -0.3 is 15.0 Å². The molecule has 0 spiro atoms. The largest absolute Gasteiger partial charge is 0.448 e. The lowest BCUT2D eigenvalue weighted by atomic mass is 9.83. The molecule has 0 aromatic carbocycles. The second-order valence-corrected chi connectivity index (χ2v) is 18.5. The first-order valence-corrected chi connectivity index (χ1v) is 14.9. The molecule has 2 aliphatic rings. The van der Waals surface area contributed by atoms with Crippen LogP contribution in [-0.2, 0) is 21.6 Å². The molecule has 1 fully saturated rings. The van der Waals surface area contributed by atoms with Gasteiger partial charge in [-0.15, -0.1) is 4.68 Å². The fourth-order valence-corrected chi connectivity index (χ4v) is 8.43. The van der Waals surface area contributed by atoms with E-state index >= 15 is 0 Å². The van der Waals surface area contributed by atoms with Crippen molar-refractivity contribution in [1.29, 1.82) is 0 Å². The summed E-state index contributed by atoms with van der Waals surface area (Å²) in [7, 11) is -2.32. The van der Waals surface area contributed by atoms with Crippen LogP contribution in [0.15, 0.2) is 0 Å². The summed E-state index contributed by atoms with van der Waals surface area (Å²) in [5.41, 5.74) is 0.336. The highest BCUT2D eigenvalue weighted by atomic mass is 35.5. The van der Waals surface area contributed by atoms with Crippen LogP contribution in [0.3, 0.4) is 0 Å². The van der Waals surface area contributed by atoms with Gasteiger partial charge in [-0.2, -0.15) is 5.10 Å². The van der Waals surface area contributed by atoms with Crippen LogP contribution >= 0.6 is 20.8 Å². The normalized spacial score (nSPS) is 20.3. The highest BCUT2D eigenvalue weighted by molar-refractivity contribution is 8.49. The van der Waals surface area contributed by atoms with Gasteiger partial charge in [0.1, 0.15) is 5.82 Å². The third-order valence-electron chi connectivity index (χ3n) is 7.74. The maximum absolute atomic E-state index is 13.8. The number of rotatable bonds is 5. The van der Waals surface area contributed by atoms with Crippen LogP contribution in [-0.4, -0.2) is 67.9 Å². The molecule has 2 amide bonds. The molecule has 10 heteroatoms. The molecular weight excluding hydrogens is 440 g/mol. The smallest absolute Gasteiger partial charge is 0.436 e. The Morgan fingerprint density at radius 1 is 1.19 bits per heavy atom. The van der Waals surface area contributed by atoms with E-state index < -0.39 is 30.9 Å². The number of ether oxygens (including phenoxy) is 1. The van der Waals surface area contributed by atoms with Crippen molar-refractivity contribution >= 4 is 43.9 Å². The van der Waals surface area contributed by atoms with E-state index in [0.717, 1.165) is 29.7 Å². The van der Waals surface area contributed by atoms with Crippen molar-refractivity contribution in [2.75, 3.05) is 36.4 Å². The van der Waals surface area contributed by atoms with E-state index in [9.17, 15) is 14.4 Å². The lowest BCUT2D eigenvalue weighted by molar-refractivity contribution is -0.120. The summed E-state index contributed by atoms with van der Waals surface area (Å²) in [4.78, 5) is 39.9. The molecule has 1 aromatic heterocycles. The number of hydrogen-bond donors (Lipinski definition) is 2. The van der Waals surface area contributed by atoms with Crippen LogP contribution in [0.4, 0.5) is 15.4 Å². The topological polar surface area (TPSA) is 93.5 Å². The number of nitrogens with zero attached hydrogens (tertiary/aromatic N) is 3. The Morgan fingerprint density at radius 2 is 1.81 bits per heavy atom. The van der Waals surface area contributed by atoms with E-state index in [-0.39, 0.29) is 24.9 Å². The molecule has 2 heterocycles. The highest BCUT2D eigenvalue weighted by Crippen LogP contribution is 2.75. The summed E-state index contributed by atoms with van der Waals surface area (Å²) < 4.78 is 5.86. The molecule has 176 valence electrons. The van der Waals surface area contributed by atoms with Gasteiger partial charge in [-0.05, 0) is 76.2 Å². The highest BCUT2D eigenvalue weighted by Gasteiger charge is 2.57. The van der Waals surface area contributed by atoms with Gasteiger partial charge >= 0.3 is 11.5 Å².